The lowest BCUT2D eigenvalue weighted by molar-refractivity contribution is -0.151. The highest BCUT2D eigenvalue weighted by molar-refractivity contribution is 7.40. The first-order valence-corrected chi connectivity index (χ1v) is 15.4. The molecule has 1 aromatic rings. The molecule has 0 saturated carbocycles. The van der Waals surface area contributed by atoms with Gasteiger partial charge in [0.05, 0.1) is 19.8 Å². The van der Waals surface area contributed by atoms with E-state index in [1.165, 1.54) is 51.4 Å². The summed E-state index contributed by atoms with van der Waals surface area (Å²) in [5.41, 5.74) is 1.14. The van der Waals surface area contributed by atoms with Crippen LogP contribution >= 0.6 is 8.60 Å². The average Bonchev–Trinajstić information content (AvgIpc) is 2.87. The van der Waals surface area contributed by atoms with Gasteiger partial charge in [-0.3, -0.25) is 4.79 Å². The van der Waals surface area contributed by atoms with Crippen LogP contribution in [0.15, 0.2) is 24.3 Å². The van der Waals surface area contributed by atoms with Gasteiger partial charge < -0.3 is 28.3 Å². The Hall–Kier alpha value is -1.24. The van der Waals surface area contributed by atoms with Gasteiger partial charge in [0.1, 0.15) is 11.9 Å². The SMILES string of the molecule is CCCCCCCCCCCOc1ccc(CCC(COP(O)OCCN(C)C)OC(=O)CCC)cc1. The lowest BCUT2D eigenvalue weighted by Crippen LogP contribution is -2.24. The number of hydrogen-bond donors (Lipinski definition) is 1. The van der Waals surface area contributed by atoms with Crippen LogP contribution in [0.5, 0.6) is 5.75 Å². The second kappa shape index (κ2) is 22.7. The maximum absolute atomic E-state index is 12.0. The van der Waals surface area contributed by atoms with E-state index in [9.17, 15) is 9.69 Å². The van der Waals surface area contributed by atoms with Crippen LogP contribution in [0.4, 0.5) is 0 Å². The highest BCUT2D eigenvalue weighted by Crippen LogP contribution is 2.33. The van der Waals surface area contributed by atoms with E-state index in [-0.39, 0.29) is 12.6 Å². The van der Waals surface area contributed by atoms with Crippen molar-refractivity contribution < 1.29 is 28.2 Å². The molecule has 0 saturated heterocycles. The van der Waals surface area contributed by atoms with Crippen LogP contribution < -0.4 is 4.74 Å². The molecule has 0 radical (unpaired) electrons. The zero-order valence-electron chi connectivity index (χ0n) is 23.8. The third kappa shape index (κ3) is 19.5. The Balaban J connectivity index is 2.33. The highest BCUT2D eigenvalue weighted by Gasteiger charge is 2.18. The monoisotopic (exact) mass is 541 g/mol. The molecule has 0 fully saturated rings. The number of carbonyl (C=O) groups is 1. The molecular formula is C29H52NO6P. The maximum atomic E-state index is 12.0. The number of unbranched alkanes of at least 4 members (excludes halogenated alkanes) is 8. The summed E-state index contributed by atoms with van der Waals surface area (Å²) in [6.45, 7) is 6.13. The normalized spacial score (nSPS) is 13.0. The van der Waals surface area contributed by atoms with Crippen molar-refractivity contribution in [1.29, 1.82) is 0 Å². The molecule has 2 unspecified atom stereocenters. The largest absolute Gasteiger partial charge is 0.494 e. The van der Waals surface area contributed by atoms with Crippen LogP contribution in [0.2, 0.25) is 0 Å². The quantitative estimate of drug-likeness (QED) is 0.0853. The van der Waals surface area contributed by atoms with Gasteiger partial charge in [-0.2, -0.15) is 0 Å². The summed E-state index contributed by atoms with van der Waals surface area (Å²) in [6, 6.07) is 8.12. The molecule has 0 aliphatic rings. The molecule has 0 spiro atoms. The molecule has 1 N–H and O–H groups in total. The lowest BCUT2D eigenvalue weighted by atomic mass is 10.1. The van der Waals surface area contributed by atoms with E-state index in [2.05, 4.69) is 19.1 Å². The van der Waals surface area contributed by atoms with Gasteiger partial charge >= 0.3 is 14.6 Å². The van der Waals surface area contributed by atoms with Gasteiger partial charge in [0.25, 0.3) is 0 Å². The Morgan fingerprint density at radius 1 is 0.892 bits per heavy atom. The number of benzene rings is 1. The van der Waals surface area contributed by atoms with Crippen molar-refractivity contribution in [3.05, 3.63) is 29.8 Å². The molecule has 0 amide bonds. The second-order valence-corrected chi connectivity index (χ2v) is 10.9. The molecule has 0 aliphatic carbocycles. The van der Waals surface area contributed by atoms with Crippen molar-refractivity contribution in [3.63, 3.8) is 0 Å². The fourth-order valence-electron chi connectivity index (χ4n) is 3.79. The number of esters is 1. The second-order valence-electron chi connectivity index (χ2n) is 9.89. The molecule has 0 bridgehead atoms. The van der Waals surface area contributed by atoms with Crippen molar-refractivity contribution in [1.82, 2.24) is 4.90 Å². The van der Waals surface area contributed by atoms with Gasteiger partial charge in [-0.1, -0.05) is 77.3 Å². The molecule has 0 heterocycles. The maximum Gasteiger partial charge on any atom is 0.330 e. The third-order valence-corrected chi connectivity index (χ3v) is 6.83. The smallest absolute Gasteiger partial charge is 0.330 e. The molecule has 214 valence electrons. The first-order valence-electron chi connectivity index (χ1n) is 14.2. The number of rotatable bonds is 24. The number of aryl methyl sites for hydroxylation is 1. The summed E-state index contributed by atoms with van der Waals surface area (Å²) in [6.07, 6.45) is 13.7. The first-order chi connectivity index (χ1) is 17.9. The minimum atomic E-state index is -2.00. The van der Waals surface area contributed by atoms with E-state index in [1.807, 2.05) is 38.1 Å². The van der Waals surface area contributed by atoms with Crippen LogP contribution in [0, 0.1) is 0 Å². The van der Waals surface area contributed by atoms with E-state index in [0.717, 1.165) is 37.2 Å². The van der Waals surface area contributed by atoms with Gasteiger partial charge in [-0.25, -0.2) is 0 Å². The summed E-state index contributed by atoms with van der Waals surface area (Å²) < 4.78 is 22.3. The fourth-order valence-corrected chi connectivity index (χ4v) is 4.40. The summed E-state index contributed by atoms with van der Waals surface area (Å²) in [7, 11) is 1.87. The van der Waals surface area contributed by atoms with Crippen LogP contribution in [0.25, 0.3) is 0 Å². The number of ether oxygens (including phenoxy) is 2. The topological polar surface area (TPSA) is 77.5 Å². The lowest BCUT2D eigenvalue weighted by Gasteiger charge is -2.20. The minimum absolute atomic E-state index is 0.111. The van der Waals surface area contributed by atoms with E-state index in [0.29, 0.717) is 26.0 Å². The number of likely N-dealkylation sites (N-methyl/N-ethyl adjacent to an activating group) is 1. The first kappa shape index (κ1) is 33.8. The number of carbonyl (C=O) groups excluding carboxylic acids is 1. The van der Waals surface area contributed by atoms with E-state index >= 15 is 0 Å². The highest BCUT2D eigenvalue weighted by atomic mass is 31.2. The van der Waals surface area contributed by atoms with Crippen LogP contribution in [0.3, 0.4) is 0 Å². The van der Waals surface area contributed by atoms with Crippen LogP contribution in [-0.4, -0.2) is 62.3 Å². The van der Waals surface area contributed by atoms with Gasteiger partial charge in [-0.15, -0.1) is 0 Å². The summed E-state index contributed by atoms with van der Waals surface area (Å²) in [4.78, 5) is 24.0. The average molecular weight is 542 g/mol. The molecular weight excluding hydrogens is 489 g/mol. The van der Waals surface area contributed by atoms with Gasteiger partial charge in [-0.05, 0) is 57.5 Å². The van der Waals surface area contributed by atoms with Gasteiger partial charge in [0.2, 0.25) is 0 Å². The predicted molar refractivity (Wildman–Crippen MR) is 152 cm³/mol. The standard InChI is InChI=1S/C29H52NO6P/c1-5-7-8-9-10-11-12-13-14-23-33-27-19-16-26(17-20-27)18-21-28(36-29(31)15-6-2)25-35-37(32)34-24-22-30(3)4/h16-17,19-20,28,32H,5-15,18,21-25H2,1-4H3. The van der Waals surface area contributed by atoms with E-state index in [1.54, 1.807) is 0 Å². The summed E-state index contributed by atoms with van der Waals surface area (Å²) >= 11 is 0. The molecule has 0 aliphatic heterocycles. The van der Waals surface area contributed by atoms with Crippen molar-refractivity contribution in [2.45, 2.75) is 103 Å². The summed E-state index contributed by atoms with van der Waals surface area (Å²) in [5, 5.41) is 0. The minimum Gasteiger partial charge on any atom is -0.494 e. The van der Waals surface area contributed by atoms with Crippen LogP contribution in [0.1, 0.15) is 96.5 Å². The fraction of sp³-hybridized carbons (Fsp3) is 0.759. The number of nitrogens with zero attached hydrogens (tertiary/aromatic N) is 1. The molecule has 2 atom stereocenters. The third-order valence-electron chi connectivity index (χ3n) is 6.06. The Morgan fingerprint density at radius 3 is 2.16 bits per heavy atom. The van der Waals surface area contributed by atoms with Crippen molar-refractivity contribution in [2.75, 3.05) is 40.5 Å². The van der Waals surface area contributed by atoms with E-state index in [4.69, 9.17) is 18.5 Å². The van der Waals surface area contributed by atoms with E-state index < -0.39 is 14.7 Å². The zero-order valence-corrected chi connectivity index (χ0v) is 24.7. The Labute approximate surface area is 227 Å². The Morgan fingerprint density at radius 2 is 1.54 bits per heavy atom. The van der Waals surface area contributed by atoms with Crippen molar-refractivity contribution in [2.24, 2.45) is 0 Å². The summed E-state index contributed by atoms with van der Waals surface area (Å²) in [5.74, 6) is 0.644. The molecule has 7 nitrogen and oxygen atoms in total. The molecule has 0 aromatic heterocycles. The molecule has 37 heavy (non-hydrogen) atoms. The Bertz CT molecular complexity index is 673. The van der Waals surface area contributed by atoms with Crippen LogP contribution in [-0.2, 0) is 25.0 Å². The zero-order chi connectivity index (χ0) is 27.1. The Kier molecular flexibility index (Phi) is 20.7. The van der Waals surface area contributed by atoms with Gasteiger partial charge in [0, 0.05) is 13.0 Å². The molecule has 1 aromatic carbocycles. The number of hydrogen-bond acceptors (Lipinski definition) is 7. The van der Waals surface area contributed by atoms with Crippen molar-refractivity contribution in [3.8, 4) is 5.75 Å². The molecule has 8 heteroatoms. The van der Waals surface area contributed by atoms with Gasteiger partial charge in [0.15, 0.2) is 0 Å². The van der Waals surface area contributed by atoms with Crippen molar-refractivity contribution >= 4 is 14.6 Å². The molecule has 1 rings (SSSR count). The predicted octanol–water partition coefficient (Wildman–Crippen LogP) is 7.05.